The van der Waals surface area contributed by atoms with Gasteiger partial charge in [-0.25, -0.2) is 9.18 Å². The third kappa shape index (κ3) is 3.94. The van der Waals surface area contributed by atoms with Crippen LogP contribution in [-0.4, -0.2) is 25.1 Å². The Hall–Kier alpha value is -2.11. The second-order valence-electron chi connectivity index (χ2n) is 4.25. The number of ether oxygens (including phenoxy) is 2. The molecule has 0 aromatic heterocycles. The highest BCUT2D eigenvalue weighted by Crippen LogP contribution is 2.23. The number of carbonyl (C=O) groups is 2. The van der Waals surface area contributed by atoms with E-state index in [0.29, 0.717) is 6.42 Å². The van der Waals surface area contributed by atoms with Gasteiger partial charge >= 0.3 is 5.97 Å². The van der Waals surface area contributed by atoms with Crippen molar-refractivity contribution in [3.63, 3.8) is 0 Å². The minimum Gasteiger partial charge on any atom is -0.478 e. The molecule has 0 spiro atoms. The van der Waals surface area contributed by atoms with Gasteiger partial charge in [-0.1, -0.05) is 19.4 Å². The van der Waals surface area contributed by atoms with Gasteiger partial charge in [0, 0.05) is 0 Å². The van der Waals surface area contributed by atoms with Gasteiger partial charge in [-0.2, -0.15) is 0 Å². The number of hydrogen-bond acceptors (Lipinski definition) is 4. The lowest BCUT2D eigenvalue weighted by Gasteiger charge is -2.18. The van der Waals surface area contributed by atoms with E-state index < -0.39 is 23.8 Å². The van der Waals surface area contributed by atoms with E-state index in [1.54, 1.807) is 0 Å². The zero-order valence-electron chi connectivity index (χ0n) is 11.5. The molecule has 1 aromatic rings. The van der Waals surface area contributed by atoms with Gasteiger partial charge in [0.25, 0.3) is 5.91 Å². The van der Waals surface area contributed by atoms with Crippen LogP contribution in [0.25, 0.3) is 0 Å². The topological polar surface area (TPSA) is 78.6 Å². The molecule has 0 aliphatic heterocycles. The maximum atomic E-state index is 13.6. The molecule has 1 unspecified atom stereocenters. The minimum absolute atomic E-state index is 0.0518. The summed E-state index contributed by atoms with van der Waals surface area (Å²) in [6.07, 6.45) is 1.13. The Kier molecular flexibility index (Phi) is 5.96. The molecule has 0 aliphatic rings. The SMILES string of the molecule is CCCCC(Oc1cccc(F)c1C(N)=O)C(=O)OC. The molecule has 0 fully saturated rings. The van der Waals surface area contributed by atoms with Crippen molar-refractivity contribution < 1.29 is 23.5 Å². The second kappa shape index (κ2) is 7.47. The molecule has 0 saturated heterocycles. The number of hydrogen-bond donors (Lipinski definition) is 1. The average molecular weight is 283 g/mol. The first-order chi connectivity index (χ1) is 9.51. The molecule has 1 atom stereocenters. The number of benzene rings is 1. The van der Waals surface area contributed by atoms with Crippen molar-refractivity contribution >= 4 is 11.9 Å². The molecule has 1 amide bonds. The molecule has 110 valence electrons. The summed E-state index contributed by atoms with van der Waals surface area (Å²) >= 11 is 0. The Morgan fingerprint density at radius 1 is 1.40 bits per heavy atom. The zero-order valence-corrected chi connectivity index (χ0v) is 11.5. The Morgan fingerprint density at radius 3 is 2.65 bits per heavy atom. The number of unbranched alkanes of at least 4 members (excludes halogenated alkanes) is 1. The van der Waals surface area contributed by atoms with E-state index >= 15 is 0 Å². The maximum Gasteiger partial charge on any atom is 0.347 e. The third-order valence-electron chi connectivity index (χ3n) is 2.77. The largest absolute Gasteiger partial charge is 0.478 e. The first kappa shape index (κ1) is 15.9. The van der Waals surface area contributed by atoms with E-state index in [1.165, 1.54) is 19.2 Å². The molecular formula is C14H18FNO4. The van der Waals surface area contributed by atoms with Crippen molar-refractivity contribution in [1.82, 2.24) is 0 Å². The molecule has 0 saturated carbocycles. The third-order valence-corrected chi connectivity index (χ3v) is 2.77. The number of methoxy groups -OCH3 is 1. The number of carbonyl (C=O) groups excluding carboxylic acids is 2. The van der Waals surface area contributed by atoms with Crippen LogP contribution in [0.4, 0.5) is 4.39 Å². The summed E-state index contributed by atoms with van der Waals surface area (Å²) in [6.45, 7) is 1.96. The lowest BCUT2D eigenvalue weighted by atomic mass is 10.1. The molecule has 1 aromatic carbocycles. The van der Waals surface area contributed by atoms with Crippen molar-refractivity contribution in [3.8, 4) is 5.75 Å². The van der Waals surface area contributed by atoms with Crippen LogP contribution in [0.15, 0.2) is 18.2 Å². The normalized spacial score (nSPS) is 11.8. The number of amides is 1. The number of primary amides is 1. The molecular weight excluding hydrogens is 265 g/mol. The first-order valence-corrected chi connectivity index (χ1v) is 6.34. The van der Waals surface area contributed by atoms with Crippen LogP contribution in [0.2, 0.25) is 0 Å². The average Bonchev–Trinajstić information content (AvgIpc) is 2.42. The van der Waals surface area contributed by atoms with Gasteiger partial charge in [0.15, 0.2) is 6.10 Å². The smallest absolute Gasteiger partial charge is 0.347 e. The van der Waals surface area contributed by atoms with E-state index in [1.807, 2.05) is 6.92 Å². The second-order valence-corrected chi connectivity index (χ2v) is 4.25. The summed E-state index contributed by atoms with van der Waals surface area (Å²) in [5, 5.41) is 0. The van der Waals surface area contributed by atoms with E-state index in [9.17, 15) is 14.0 Å². The van der Waals surface area contributed by atoms with Crippen LogP contribution in [0, 0.1) is 5.82 Å². The van der Waals surface area contributed by atoms with Crippen LogP contribution >= 0.6 is 0 Å². The molecule has 20 heavy (non-hydrogen) atoms. The highest BCUT2D eigenvalue weighted by atomic mass is 19.1. The van der Waals surface area contributed by atoms with E-state index in [4.69, 9.17) is 10.5 Å². The van der Waals surface area contributed by atoms with Gasteiger partial charge in [0.1, 0.15) is 17.1 Å². The molecule has 0 radical (unpaired) electrons. The Balaban J connectivity index is 3.01. The van der Waals surface area contributed by atoms with E-state index in [2.05, 4.69) is 4.74 Å². The predicted molar refractivity (Wildman–Crippen MR) is 70.9 cm³/mol. The summed E-state index contributed by atoms with van der Waals surface area (Å²) in [4.78, 5) is 22.9. The van der Waals surface area contributed by atoms with E-state index in [0.717, 1.165) is 18.9 Å². The molecule has 0 heterocycles. The van der Waals surface area contributed by atoms with Crippen molar-refractivity contribution in [2.75, 3.05) is 7.11 Å². The van der Waals surface area contributed by atoms with Gasteiger partial charge in [0.2, 0.25) is 0 Å². The van der Waals surface area contributed by atoms with Gasteiger partial charge in [0.05, 0.1) is 7.11 Å². The van der Waals surface area contributed by atoms with Gasteiger partial charge in [-0.15, -0.1) is 0 Å². The minimum atomic E-state index is -0.947. The van der Waals surface area contributed by atoms with Gasteiger partial charge in [-0.05, 0) is 25.0 Å². The maximum absolute atomic E-state index is 13.6. The van der Waals surface area contributed by atoms with Crippen molar-refractivity contribution in [2.24, 2.45) is 5.73 Å². The van der Waals surface area contributed by atoms with Crippen LogP contribution in [0.5, 0.6) is 5.75 Å². The Bertz CT molecular complexity index is 490. The van der Waals surface area contributed by atoms with Crippen molar-refractivity contribution in [1.29, 1.82) is 0 Å². The van der Waals surface area contributed by atoms with E-state index in [-0.39, 0.29) is 11.3 Å². The Morgan fingerprint density at radius 2 is 2.10 bits per heavy atom. The quantitative estimate of drug-likeness (QED) is 0.777. The molecule has 1 rings (SSSR count). The fourth-order valence-electron chi connectivity index (χ4n) is 1.74. The zero-order chi connectivity index (χ0) is 15.1. The standard InChI is InChI=1S/C14H18FNO4/c1-3-4-7-11(14(18)19-2)20-10-8-5-6-9(15)12(10)13(16)17/h5-6,8,11H,3-4,7H2,1-2H3,(H2,16,17). The summed E-state index contributed by atoms with van der Waals surface area (Å²) in [7, 11) is 1.24. The highest BCUT2D eigenvalue weighted by molar-refractivity contribution is 5.96. The predicted octanol–water partition coefficient (Wildman–Crippen LogP) is 2.04. The summed E-state index contributed by atoms with van der Waals surface area (Å²) in [5.74, 6) is -2.35. The van der Waals surface area contributed by atoms with Crippen LogP contribution in [-0.2, 0) is 9.53 Å². The molecule has 0 bridgehead atoms. The van der Waals surface area contributed by atoms with Crippen LogP contribution < -0.4 is 10.5 Å². The fourth-order valence-corrected chi connectivity index (χ4v) is 1.74. The van der Waals surface area contributed by atoms with Crippen LogP contribution in [0.3, 0.4) is 0 Å². The lowest BCUT2D eigenvalue weighted by Crippen LogP contribution is -2.29. The fraction of sp³-hybridized carbons (Fsp3) is 0.429. The number of nitrogens with two attached hydrogens (primary N) is 1. The molecule has 5 nitrogen and oxygen atoms in total. The number of halogens is 1. The Labute approximate surface area is 116 Å². The summed E-state index contributed by atoms with van der Waals surface area (Å²) in [5.41, 5.74) is 4.76. The van der Waals surface area contributed by atoms with Gasteiger partial charge < -0.3 is 15.2 Å². The molecule has 2 N–H and O–H groups in total. The summed E-state index contributed by atoms with van der Waals surface area (Å²) < 4.78 is 23.7. The van der Waals surface area contributed by atoms with Crippen molar-refractivity contribution in [2.45, 2.75) is 32.3 Å². The molecule has 6 heteroatoms. The van der Waals surface area contributed by atoms with Crippen LogP contribution in [0.1, 0.15) is 36.5 Å². The highest BCUT2D eigenvalue weighted by Gasteiger charge is 2.24. The lowest BCUT2D eigenvalue weighted by molar-refractivity contribution is -0.149. The van der Waals surface area contributed by atoms with Crippen molar-refractivity contribution in [3.05, 3.63) is 29.6 Å². The number of esters is 1. The monoisotopic (exact) mass is 283 g/mol. The summed E-state index contributed by atoms with van der Waals surface area (Å²) in [6, 6.07) is 3.88. The van der Waals surface area contributed by atoms with Gasteiger partial charge in [-0.3, -0.25) is 4.79 Å². The first-order valence-electron chi connectivity index (χ1n) is 6.34. The number of rotatable bonds is 7. The molecule has 0 aliphatic carbocycles.